The summed E-state index contributed by atoms with van der Waals surface area (Å²) in [7, 11) is 8.00. The van der Waals surface area contributed by atoms with Gasteiger partial charge in [-0.3, -0.25) is 47.9 Å². The van der Waals surface area contributed by atoms with Gasteiger partial charge >= 0.3 is 0 Å². The number of rotatable bonds is 46. The van der Waals surface area contributed by atoms with E-state index in [2.05, 4.69) is 68.1 Å². The minimum atomic E-state index is -0.645. The molecule has 36 nitrogen and oxygen atoms in total. The van der Waals surface area contributed by atoms with E-state index in [0.29, 0.717) is 96.4 Å². The Kier molecular flexibility index (Phi) is 32.5. The molecular formula is C62H86N18O18. The summed E-state index contributed by atoms with van der Waals surface area (Å²) in [5, 5.41) is 26.5. The molecule has 36 heteroatoms. The number of anilines is 5. The maximum absolute atomic E-state index is 13.3. The van der Waals surface area contributed by atoms with Crippen LogP contribution in [-0.4, -0.2) is 229 Å². The number of hydrogen-bond donors (Lipinski definition) is 10. The van der Waals surface area contributed by atoms with Crippen molar-refractivity contribution < 1.29 is 85.8 Å². The molecule has 0 saturated heterocycles. The van der Waals surface area contributed by atoms with Crippen molar-refractivity contribution in [3.8, 4) is 5.75 Å². The molecule has 0 aliphatic carbocycles. The molecular weight excluding hydrogens is 1280 g/mol. The number of amides is 10. The Morgan fingerprint density at radius 3 is 1.23 bits per heavy atom. The summed E-state index contributed by atoms with van der Waals surface area (Å²) < 4.78 is 51.2. The molecule has 98 heavy (non-hydrogen) atoms. The first-order chi connectivity index (χ1) is 47.2. The summed E-state index contributed by atoms with van der Waals surface area (Å²) in [5.41, 5.74) is 1.74. The van der Waals surface area contributed by atoms with Gasteiger partial charge in [0.1, 0.15) is 30.4 Å². The molecule has 10 amide bonds. The fraction of sp³-hybridized carbons (Fsp3) is 0.468. The zero-order chi connectivity index (χ0) is 70.6. The van der Waals surface area contributed by atoms with E-state index in [4.69, 9.17) is 37.9 Å². The van der Waals surface area contributed by atoms with Gasteiger partial charge in [-0.2, -0.15) is 0 Å². The molecule has 10 N–H and O–H groups in total. The van der Waals surface area contributed by atoms with Gasteiger partial charge in [0.25, 0.3) is 29.5 Å². The van der Waals surface area contributed by atoms with E-state index in [-0.39, 0.29) is 136 Å². The van der Waals surface area contributed by atoms with E-state index < -0.39 is 41.4 Å². The Morgan fingerprint density at radius 2 is 0.786 bits per heavy atom. The molecule has 0 fully saturated rings. The van der Waals surface area contributed by atoms with Gasteiger partial charge in [-0.25, -0.2) is 15.0 Å². The Labute approximate surface area is 564 Å². The van der Waals surface area contributed by atoms with E-state index in [9.17, 15) is 47.9 Å². The topological polar surface area (TPSA) is 428 Å². The van der Waals surface area contributed by atoms with Crippen LogP contribution in [0.2, 0.25) is 0 Å². The van der Waals surface area contributed by atoms with Crippen LogP contribution in [0.5, 0.6) is 5.75 Å². The van der Waals surface area contributed by atoms with Crippen molar-refractivity contribution in [3.63, 3.8) is 0 Å². The van der Waals surface area contributed by atoms with Gasteiger partial charge < -0.3 is 114 Å². The van der Waals surface area contributed by atoms with E-state index in [1.807, 2.05) is 0 Å². The van der Waals surface area contributed by atoms with Crippen LogP contribution in [-0.2, 0) is 92.4 Å². The second kappa shape index (κ2) is 41.6. The minimum absolute atomic E-state index is 0.0249. The van der Waals surface area contributed by atoms with Gasteiger partial charge in [0.15, 0.2) is 17.5 Å². The molecule has 6 aromatic rings. The average molecular weight is 1370 g/mol. The summed E-state index contributed by atoms with van der Waals surface area (Å²) in [6.45, 7) is 6.71. The molecule has 6 rings (SSSR count). The van der Waals surface area contributed by atoms with Crippen LogP contribution < -0.4 is 57.9 Å². The highest BCUT2D eigenvalue weighted by Crippen LogP contribution is 2.18. The highest BCUT2D eigenvalue weighted by atomic mass is 16.6. The molecule has 0 unspecified atom stereocenters. The number of nitrogens with zero attached hydrogens (tertiary/aromatic N) is 8. The smallest absolute Gasteiger partial charge is 0.291 e. The molecule has 1 aromatic carbocycles. The van der Waals surface area contributed by atoms with Crippen LogP contribution in [0.25, 0.3) is 0 Å². The average Bonchev–Trinajstić information content (AvgIpc) is 1.71. The van der Waals surface area contributed by atoms with Gasteiger partial charge in [0.05, 0.1) is 97.3 Å². The largest absolute Gasteiger partial charge is 0.491 e. The van der Waals surface area contributed by atoms with Crippen LogP contribution >= 0.6 is 0 Å². The van der Waals surface area contributed by atoms with Crippen molar-refractivity contribution in [2.24, 2.45) is 35.2 Å². The van der Waals surface area contributed by atoms with Gasteiger partial charge in [-0.1, -0.05) is 0 Å². The maximum Gasteiger partial charge on any atom is 0.291 e. The van der Waals surface area contributed by atoms with E-state index in [1.54, 1.807) is 76.5 Å². The van der Waals surface area contributed by atoms with Crippen molar-refractivity contribution in [1.29, 1.82) is 0 Å². The summed E-state index contributed by atoms with van der Waals surface area (Å²) in [6, 6.07) is 10.0. The molecule has 0 aliphatic heterocycles. The zero-order valence-corrected chi connectivity index (χ0v) is 55.6. The van der Waals surface area contributed by atoms with Crippen LogP contribution in [0, 0.1) is 0 Å². The van der Waals surface area contributed by atoms with Crippen molar-refractivity contribution in [1.82, 2.24) is 64.4 Å². The first kappa shape index (κ1) is 76.6. The van der Waals surface area contributed by atoms with Crippen molar-refractivity contribution in [2.45, 2.75) is 26.2 Å². The summed E-state index contributed by atoms with van der Waals surface area (Å²) in [6.07, 6.45) is 8.71. The van der Waals surface area contributed by atoms with Gasteiger partial charge in [-0.15, -0.1) is 0 Å². The third kappa shape index (κ3) is 27.8. The second-order valence-corrected chi connectivity index (χ2v) is 21.4. The monoisotopic (exact) mass is 1370 g/mol. The summed E-state index contributed by atoms with van der Waals surface area (Å²) >= 11 is 0. The number of hydrogen-bond acceptors (Lipinski definition) is 21. The van der Waals surface area contributed by atoms with Gasteiger partial charge in [0.2, 0.25) is 41.2 Å². The first-order valence-corrected chi connectivity index (χ1v) is 31.2. The lowest BCUT2D eigenvalue weighted by atomic mass is 10.3. The third-order valence-electron chi connectivity index (χ3n) is 13.5. The van der Waals surface area contributed by atoms with Crippen LogP contribution in [0.4, 0.5) is 28.7 Å². The predicted octanol–water partition coefficient (Wildman–Crippen LogP) is 0.0918. The maximum atomic E-state index is 13.3. The molecule has 0 spiro atoms. The second-order valence-electron chi connectivity index (χ2n) is 21.4. The number of imidazole rings is 3. The van der Waals surface area contributed by atoms with Gasteiger partial charge in [0, 0.05) is 137 Å². The number of benzene rings is 1. The van der Waals surface area contributed by atoms with E-state index in [1.165, 1.54) is 62.1 Å². The summed E-state index contributed by atoms with van der Waals surface area (Å²) in [4.78, 5) is 138. The quantitative estimate of drug-likeness (QED) is 0.0226. The van der Waals surface area contributed by atoms with Crippen molar-refractivity contribution in [3.05, 3.63) is 102 Å². The Hall–Kier alpha value is -10.4. The number of carbonyl (C=O) groups is 10. The van der Waals surface area contributed by atoms with Crippen LogP contribution in [0.1, 0.15) is 79.0 Å². The fourth-order valence-corrected chi connectivity index (χ4v) is 8.77. The number of aryl methyl sites for hydroxylation is 5. The Bertz CT molecular complexity index is 3590. The van der Waals surface area contributed by atoms with Gasteiger partial charge in [-0.05, 0) is 36.4 Å². The first-order valence-electron chi connectivity index (χ1n) is 31.2. The lowest BCUT2D eigenvalue weighted by molar-refractivity contribution is -0.126. The van der Waals surface area contributed by atoms with Crippen LogP contribution in [0.3, 0.4) is 0 Å². The Morgan fingerprint density at radius 1 is 0.378 bits per heavy atom. The highest BCUT2D eigenvalue weighted by Gasteiger charge is 2.22. The summed E-state index contributed by atoms with van der Waals surface area (Å²) in [5.74, 6) is -3.66. The third-order valence-corrected chi connectivity index (χ3v) is 13.5. The molecule has 0 aliphatic rings. The molecule has 532 valence electrons. The minimum Gasteiger partial charge on any atom is -0.491 e. The molecule has 0 atom stereocenters. The number of nitrogens with one attached hydrogen (secondary N) is 10. The van der Waals surface area contributed by atoms with E-state index >= 15 is 0 Å². The normalized spacial score (nSPS) is 11.0. The number of aromatic nitrogens is 8. The van der Waals surface area contributed by atoms with Crippen LogP contribution in [0.15, 0.2) is 73.6 Å². The molecule has 0 bridgehead atoms. The van der Waals surface area contributed by atoms with Crippen molar-refractivity contribution >= 4 is 87.8 Å². The zero-order valence-electron chi connectivity index (χ0n) is 55.6. The molecule has 0 radical (unpaired) electrons. The molecule has 5 heterocycles. The number of carbonyl (C=O) groups excluding carboxylic acids is 10. The SMILES string of the molecule is CC(=O)Nc1ccc(OCCOCCOCCOCCOCCOCCOCCOCC(=O)NCCNC(=O)CCNC(=O)c2nc(NC(=O)CCNC(=O)c3cc(NC(=O)c4nc(NC(=O)CCNC(=O)c5cc(NC(=O)c6nccn6C)cn5C)cn4C)cn3C)cn2C)cc1. The Balaban J connectivity index is 0.711. The van der Waals surface area contributed by atoms with E-state index in [0.717, 1.165) is 0 Å². The standard InChI is InChI=1S/C62H86N18O18/c1-42(81)69-43-7-9-46(10-8-43)98-34-33-96-30-29-94-26-25-92-22-21-91-23-24-93-27-28-95-31-32-97-41-54(85)64-18-17-63-51(82)11-14-68-60(88)56-74-49(39-79(56)5)72-52(83)12-15-67-59(87)48-36-45(38-78(48)4)71-62(90)57-75-50(40-80(57)6)73-53(84)13-16-66-58(86)47-35-44(37-77(47)3)70-61(89)55-65-19-20-76(55)2/h7-10,19-20,35-40H,11-18,21-34,41H2,1-6H3,(H,63,82)(H,64,85)(H,66,86)(H,67,87)(H,68,88)(H,69,81)(H,70,89)(H,71,90)(H,72,83)(H,73,84). The number of ether oxygens (including phenoxy) is 8. The van der Waals surface area contributed by atoms with Crippen molar-refractivity contribution in [2.75, 3.05) is 158 Å². The lowest BCUT2D eigenvalue weighted by Gasteiger charge is -2.09. The fourth-order valence-electron chi connectivity index (χ4n) is 8.77. The highest BCUT2D eigenvalue weighted by molar-refractivity contribution is 6.05. The molecule has 5 aromatic heterocycles. The predicted molar refractivity (Wildman–Crippen MR) is 352 cm³/mol. The molecule has 0 saturated carbocycles. The lowest BCUT2D eigenvalue weighted by Crippen LogP contribution is -2.37.